The summed E-state index contributed by atoms with van der Waals surface area (Å²) in [6.07, 6.45) is 6.00. The molecule has 0 fully saturated rings. The van der Waals surface area contributed by atoms with Crippen LogP contribution in [0.3, 0.4) is 0 Å². The molecule has 32 heavy (non-hydrogen) atoms. The standard InChI is InChI=1S/C24H30N2O5S/c1-5-11-25-32(27,28)16-9-10-20-19(14-16)17-7-6-8-18(17)23(26-20)15-12-21(29-2)24(31-4)22(13-15)30-3/h6-7,9-10,12-14,17-18,23,25-26H,5,8,11H2,1-4H3. The molecule has 3 unspecified atom stereocenters. The highest BCUT2D eigenvalue weighted by atomic mass is 32.2. The van der Waals surface area contributed by atoms with Crippen molar-refractivity contribution in [2.24, 2.45) is 5.92 Å². The molecule has 0 aromatic heterocycles. The maximum absolute atomic E-state index is 12.7. The lowest BCUT2D eigenvalue weighted by atomic mass is 9.77. The van der Waals surface area contributed by atoms with E-state index in [1.807, 2.05) is 25.1 Å². The van der Waals surface area contributed by atoms with Crippen LogP contribution < -0.4 is 24.2 Å². The lowest BCUT2D eigenvalue weighted by Crippen LogP contribution is -2.30. The number of methoxy groups -OCH3 is 3. The van der Waals surface area contributed by atoms with Gasteiger partial charge in [-0.3, -0.25) is 0 Å². The molecule has 0 amide bonds. The highest BCUT2D eigenvalue weighted by Gasteiger charge is 2.39. The van der Waals surface area contributed by atoms with Gasteiger partial charge in [-0.1, -0.05) is 19.1 Å². The molecule has 0 spiro atoms. The number of hydrogen-bond donors (Lipinski definition) is 2. The Morgan fingerprint density at radius 2 is 1.78 bits per heavy atom. The van der Waals surface area contributed by atoms with Gasteiger partial charge in [0.25, 0.3) is 0 Å². The Morgan fingerprint density at radius 3 is 2.41 bits per heavy atom. The molecule has 7 nitrogen and oxygen atoms in total. The zero-order valence-electron chi connectivity index (χ0n) is 18.8. The summed E-state index contributed by atoms with van der Waals surface area (Å²) in [5, 5.41) is 3.64. The second-order valence-electron chi connectivity index (χ2n) is 8.08. The first-order valence-electron chi connectivity index (χ1n) is 10.8. The van der Waals surface area contributed by atoms with Gasteiger partial charge in [0, 0.05) is 18.2 Å². The second kappa shape index (κ2) is 9.03. The van der Waals surface area contributed by atoms with Crippen LogP contribution in [-0.2, 0) is 10.0 Å². The van der Waals surface area contributed by atoms with Crippen LogP contribution in [-0.4, -0.2) is 36.3 Å². The first-order chi connectivity index (χ1) is 15.4. The van der Waals surface area contributed by atoms with Crippen LogP contribution in [0.15, 0.2) is 47.4 Å². The largest absolute Gasteiger partial charge is 0.493 e. The molecule has 172 valence electrons. The molecule has 0 saturated heterocycles. The molecule has 2 aromatic carbocycles. The molecule has 0 bridgehead atoms. The summed E-state index contributed by atoms with van der Waals surface area (Å²) in [5.41, 5.74) is 2.97. The molecular formula is C24H30N2O5S. The zero-order valence-corrected chi connectivity index (χ0v) is 19.7. The monoisotopic (exact) mass is 458 g/mol. The summed E-state index contributed by atoms with van der Waals surface area (Å²) in [7, 11) is 1.29. The number of hydrogen-bond acceptors (Lipinski definition) is 6. The molecule has 2 N–H and O–H groups in total. The predicted octanol–water partition coefficient (Wildman–Crippen LogP) is 4.23. The minimum absolute atomic E-state index is 0.0110. The summed E-state index contributed by atoms with van der Waals surface area (Å²) in [6.45, 7) is 2.36. The fourth-order valence-corrected chi connectivity index (χ4v) is 5.84. The maximum atomic E-state index is 12.7. The van der Waals surface area contributed by atoms with Crippen molar-refractivity contribution in [3.05, 3.63) is 53.6 Å². The quantitative estimate of drug-likeness (QED) is 0.576. The van der Waals surface area contributed by atoms with Gasteiger partial charge in [0.2, 0.25) is 15.8 Å². The van der Waals surface area contributed by atoms with Gasteiger partial charge in [-0.2, -0.15) is 0 Å². The number of allylic oxidation sites excluding steroid dienone is 2. The summed E-state index contributed by atoms with van der Waals surface area (Å²) in [6, 6.07) is 9.30. The van der Waals surface area contributed by atoms with Gasteiger partial charge in [-0.25, -0.2) is 13.1 Å². The maximum Gasteiger partial charge on any atom is 0.240 e. The SMILES string of the molecule is CCCNS(=O)(=O)c1ccc2c(c1)C1C=CCC1C(c1cc(OC)c(OC)c(OC)c1)N2. The predicted molar refractivity (Wildman–Crippen MR) is 124 cm³/mol. The van der Waals surface area contributed by atoms with Crippen LogP contribution in [0.5, 0.6) is 17.2 Å². The third-order valence-corrected chi connectivity index (χ3v) is 7.69. The average Bonchev–Trinajstić information content (AvgIpc) is 3.31. The van der Waals surface area contributed by atoms with E-state index in [1.54, 1.807) is 33.5 Å². The molecule has 4 rings (SSSR count). The minimum atomic E-state index is -3.52. The van der Waals surface area contributed by atoms with Crippen molar-refractivity contribution in [3.8, 4) is 17.2 Å². The topological polar surface area (TPSA) is 85.9 Å². The Hall–Kier alpha value is -2.71. The van der Waals surface area contributed by atoms with E-state index in [1.165, 1.54) is 0 Å². The summed E-state index contributed by atoms with van der Waals surface area (Å²) in [4.78, 5) is 0.303. The second-order valence-corrected chi connectivity index (χ2v) is 9.85. The van der Waals surface area contributed by atoms with Crippen molar-refractivity contribution in [2.45, 2.75) is 36.6 Å². The van der Waals surface area contributed by atoms with Gasteiger partial charge in [0.1, 0.15) is 0 Å². The number of nitrogens with one attached hydrogen (secondary N) is 2. The highest BCUT2D eigenvalue weighted by molar-refractivity contribution is 7.89. The molecule has 2 aliphatic rings. The molecule has 3 atom stereocenters. The third kappa shape index (κ3) is 3.93. The molecule has 0 radical (unpaired) electrons. The van der Waals surface area contributed by atoms with E-state index in [9.17, 15) is 8.42 Å². The van der Waals surface area contributed by atoms with Crippen LogP contribution in [0.4, 0.5) is 5.69 Å². The van der Waals surface area contributed by atoms with Crippen molar-refractivity contribution in [3.63, 3.8) is 0 Å². The van der Waals surface area contributed by atoms with Gasteiger partial charge in [-0.05, 0) is 60.2 Å². The van der Waals surface area contributed by atoms with Crippen LogP contribution >= 0.6 is 0 Å². The van der Waals surface area contributed by atoms with Crippen LogP contribution in [0, 0.1) is 5.92 Å². The molecule has 1 aliphatic carbocycles. The third-order valence-electron chi connectivity index (χ3n) is 6.23. The smallest absolute Gasteiger partial charge is 0.240 e. The summed E-state index contributed by atoms with van der Waals surface area (Å²) < 4.78 is 44.6. The average molecular weight is 459 g/mol. The van der Waals surface area contributed by atoms with Gasteiger partial charge in [-0.15, -0.1) is 0 Å². The van der Waals surface area contributed by atoms with Crippen molar-refractivity contribution < 1.29 is 22.6 Å². The first-order valence-corrected chi connectivity index (χ1v) is 12.3. The molecular weight excluding hydrogens is 428 g/mol. The van der Waals surface area contributed by atoms with E-state index < -0.39 is 10.0 Å². The fraction of sp³-hybridized carbons (Fsp3) is 0.417. The van der Waals surface area contributed by atoms with Crippen molar-refractivity contribution in [1.29, 1.82) is 0 Å². The number of rotatable bonds is 8. The normalized spacial score (nSPS) is 21.4. The van der Waals surface area contributed by atoms with Gasteiger partial charge in [0.15, 0.2) is 11.5 Å². The molecule has 2 aromatic rings. The van der Waals surface area contributed by atoms with E-state index >= 15 is 0 Å². The Labute approximate surface area is 189 Å². The summed E-state index contributed by atoms with van der Waals surface area (Å²) in [5.74, 6) is 2.15. The zero-order chi connectivity index (χ0) is 22.9. The Balaban J connectivity index is 1.74. The molecule has 1 heterocycles. The van der Waals surface area contributed by atoms with Crippen molar-refractivity contribution in [2.75, 3.05) is 33.2 Å². The van der Waals surface area contributed by atoms with Gasteiger partial charge in [0.05, 0.1) is 32.3 Å². The van der Waals surface area contributed by atoms with Crippen LogP contribution in [0.2, 0.25) is 0 Å². The molecule has 1 aliphatic heterocycles. The van der Waals surface area contributed by atoms with Gasteiger partial charge < -0.3 is 19.5 Å². The van der Waals surface area contributed by atoms with Crippen LogP contribution in [0.25, 0.3) is 0 Å². The van der Waals surface area contributed by atoms with Crippen molar-refractivity contribution in [1.82, 2.24) is 4.72 Å². The first kappa shape index (κ1) is 22.5. The Morgan fingerprint density at radius 1 is 1.06 bits per heavy atom. The highest BCUT2D eigenvalue weighted by Crippen LogP contribution is 2.52. The lowest BCUT2D eigenvalue weighted by molar-refractivity contribution is 0.322. The van der Waals surface area contributed by atoms with E-state index in [0.29, 0.717) is 28.7 Å². The van der Waals surface area contributed by atoms with E-state index in [2.05, 4.69) is 22.2 Å². The number of sulfonamides is 1. The van der Waals surface area contributed by atoms with E-state index in [4.69, 9.17) is 14.2 Å². The number of ether oxygens (including phenoxy) is 3. The number of anilines is 1. The number of fused-ring (bicyclic) bond motifs is 3. The van der Waals surface area contributed by atoms with E-state index in [-0.39, 0.29) is 17.9 Å². The Kier molecular flexibility index (Phi) is 6.35. The van der Waals surface area contributed by atoms with Crippen LogP contribution in [0.1, 0.15) is 42.9 Å². The lowest BCUT2D eigenvalue weighted by Gasteiger charge is -2.38. The van der Waals surface area contributed by atoms with Gasteiger partial charge >= 0.3 is 0 Å². The fourth-order valence-electron chi connectivity index (χ4n) is 4.67. The minimum Gasteiger partial charge on any atom is -0.493 e. The van der Waals surface area contributed by atoms with E-state index in [0.717, 1.165) is 29.7 Å². The summed E-state index contributed by atoms with van der Waals surface area (Å²) >= 11 is 0. The number of benzene rings is 2. The Bertz CT molecular complexity index is 1100. The molecule has 8 heteroatoms. The molecule has 0 saturated carbocycles. The van der Waals surface area contributed by atoms with Crippen molar-refractivity contribution >= 4 is 15.7 Å².